The lowest BCUT2D eigenvalue weighted by Crippen LogP contribution is -2.47. The first kappa shape index (κ1) is 18.5. The molecule has 0 aliphatic rings. The molecule has 2 aromatic carbocycles. The zero-order chi connectivity index (χ0) is 19.6. The SMILES string of the molecule is Cc1ccccc1NC(=O)C(C)(C)n1nc(-c2ccc(F)cc2)ccc1=O. The van der Waals surface area contributed by atoms with Crippen molar-refractivity contribution in [3.8, 4) is 11.3 Å². The minimum absolute atomic E-state index is 0.356. The van der Waals surface area contributed by atoms with E-state index >= 15 is 0 Å². The van der Waals surface area contributed by atoms with E-state index in [0.717, 1.165) is 10.2 Å². The molecule has 0 spiro atoms. The zero-order valence-electron chi connectivity index (χ0n) is 15.4. The van der Waals surface area contributed by atoms with E-state index in [9.17, 15) is 14.0 Å². The van der Waals surface area contributed by atoms with Crippen LogP contribution in [0.3, 0.4) is 0 Å². The fourth-order valence-corrected chi connectivity index (χ4v) is 2.67. The van der Waals surface area contributed by atoms with Gasteiger partial charge >= 0.3 is 0 Å². The van der Waals surface area contributed by atoms with Gasteiger partial charge in [0.15, 0.2) is 0 Å². The zero-order valence-corrected chi connectivity index (χ0v) is 15.4. The molecule has 3 aromatic rings. The first-order valence-corrected chi connectivity index (χ1v) is 8.53. The molecule has 6 heteroatoms. The van der Waals surface area contributed by atoms with Gasteiger partial charge in [0.2, 0.25) is 0 Å². The first-order chi connectivity index (χ1) is 12.8. The van der Waals surface area contributed by atoms with Crippen molar-refractivity contribution in [3.05, 3.63) is 82.4 Å². The number of nitrogens with one attached hydrogen (secondary N) is 1. The van der Waals surface area contributed by atoms with Crippen LogP contribution in [0.5, 0.6) is 0 Å². The molecule has 0 saturated heterocycles. The van der Waals surface area contributed by atoms with Crippen LogP contribution in [0.4, 0.5) is 10.1 Å². The number of para-hydroxylation sites is 1. The maximum absolute atomic E-state index is 13.2. The second kappa shape index (κ2) is 7.15. The van der Waals surface area contributed by atoms with Crippen molar-refractivity contribution in [1.82, 2.24) is 9.78 Å². The van der Waals surface area contributed by atoms with Gasteiger partial charge in [-0.15, -0.1) is 0 Å². The lowest BCUT2D eigenvalue weighted by Gasteiger charge is -2.25. The molecule has 0 fully saturated rings. The number of rotatable bonds is 4. The van der Waals surface area contributed by atoms with Gasteiger partial charge in [-0.1, -0.05) is 18.2 Å². The summed E-state index contributed by atoms with van der Waals surface area (Å²) in [4.78, 5) is 25.3. The molecule has 3 rings (SSSR count). The van der Waals surface area contributed by atoms with E-state index in [-0.39, 0.29) is 11.7 Å². The summed E-state index contributed by atoms with van der Waals surface area (Å²) in [5, 5.41) is 7.20. The summed E-state index contributed by atoms with van der Waals surface area (Å²) in [5.41, 5.74) is 1.10. The standard InChI is InChI=1S/C21H20FN3O2/c1-14-6-4-5-7-17(14)23-20(27)21(2,3)25-19(26)13-12-18(24-25)15-8-10-16(22)11-9-15/h4-13H,1-3H3,(H,23,27). The number of carbonyl (C=O) groups is 1. The highest BCUT2D eigenvalue weighted by Crippen LogP contribution is 2.21. The van der Waals surface area contributed by atoms with Gasteiger partial charge in [-0.05, 0) is 62.7 Å². The van der Waals surface area contributed by atoms with Crippen LogP contribution >= 0.6 is 0 Å². The number of hydrogen-bond donors (Lipinski definition) is 1. The van der Waals surface area contributed by atoms with E-state index < -0.39 is 11.1 Å². The van der Waals surface area contributed by atoms with Gasteiger partial charge < -0.3 is 5.32 Å². The number of anilines is 1. The van der Waals surface area contributed by atoms with Crippen LogP contribution in [-0.2, 0) is 10.3 Å². The predicted octanol–water partition coefficient (Wildman–Crippen LogP) is 3.73. The molecule has 0 saturated carbocycles. The topological polar surface area (TPSA) is 64.0 Å². The Kier molecular flexibility index (Phi) is 4.90. The quantitative estimate of drug-likeness (QED) is 0.766. The predicted molar refractivity (Wildman–Crippen MR) is 103 cm³/mol. The molecule has 0 atom stereocenters. The van der Waals surface area contributed by atoms with Gasteiger partial charge in [-0.2, -0.15) is 5.10 Å². The number of hydrogen-bond acceptors (Lipinski definition) is 3. The van der Waals surface area contributed by atoms with E-state index in [2.05, 4.69) is 10.4 Å². The lowest BCUT2D eigenvalue weighted by atomic mass is 10.0. The number of nitrogens with zero attached hydrogens (tertiary/aromatic N) is 2. The largest absolute Gasteiger partial charge is 0.324 e. The summed E-state index contributed by atoms with van der Waals surface area (Å²) in [7, 11) is 0. The molecule has 0 bridgehead atoms. The Hall–Kier alpha value is -3.28. The maximum Gasteiger partial charge on any atom is 0.267 e. The maximum atomic E-state index is 13.2. The van der Waals surface area contributed by atoms with Crippen LogP contribution in [0, 0.1) is 12.7 Å². The molecule has 1 amide bonds. The number of benzene rings is 2. The average molecular weight is 365 g/mol. The molecule has 0 aliphatic carbocycles. The van der Waals surface area contributed by atoms with Crippen molar-refractivity contribution in [2.75, 3.05) is 5.32 Å². The molecular weight excluding hydrogens is 345 g/mol. The van der Waals surface area contributed by atoms with Gasteiger partial charge in [0.25, 0.3) is 11.5 Å². The molecule has 27 heavy (non-hydrogen) atoms. The second-order valence-electron chi connectivity index (χ2n) is 6.80. The van der Waals surface area contributed by atoms with Crippen LogP contribution in [-0.4, -0.2) is 15.7 Å². The Morgan fingerprint density at radius 1 is 1.04 bits per heavy atom. The van der Waals surface area contributed by atoms with Crippen LogP contribution in [0.1, 0.15) is 19.4 Å². The monoisotopic (exact) mass is 365 g/mol. The molecule has 138 valence electrons. The van der Waals surface area contributed by atoms with E-state index in [1.54, 1.807) is 38.1 Å². The molecule has 0 aliphatic heterocycles. The Morgan fingerprint density at radius 2 is 1.70 bits per heavy atom. The Bertz CT molecular complexity index is 1040. The van der Waals surface area contributed by atoms with Gasteiger partial charge in [0, 0.05) is 17.3 Å². The highest BCUT2D eigenvalue weighted by Gasteiger charge is 2.32. The van der Waals surface area contributed by atoms with Crippen molar-refractivity contribution in [1.29, 1.82) is 0 Å². The fourth-order valence-electron chi connectivity index (χ4n) is 2.67. The van der Waals surface area contributed by atoms with Gasteiger partial charge in [-0.3, -0.25) is 9.59 Å². The minimum atomic E-state index is -1.23. The molecule has 0 unspecified atom stereocenters. The molecule has 1 heterocycles. The van der Waals surface area contributed by atoms with Crippen LogP contribution in [0.2, 0.25) is 0 Å². The molecular formula is C21H20FN3O2. The third-order valence-corrected chi connectivity index (χ3v) is 4.42. The summed E-state index contributed by atoms with van der Waals surface area (Å²) < 4.78 is 14.3. The third-order valence-electron chi connectivity index (χ3n) is 4.42. The van der Waals surface area contributed by atoms with E-state index in [4.69, 9.17) is 0 Å². The minimum Gasteiger partial charge on any atom is -0.324 e. The smallest absolute Gasteiger partial charge is 0.267 e. The van der Waals surface area contributed by atoms with Gasteiger partial charge in [0.1, 0.15) is 11.4 Å². The van der Waals surface area contributed by atoms with Crippen LogP contribution < -0.4 is 10.9 Å². The highest BCUT2D eigenvalue weighted by atomic mass is 19.1. The van der Waals surface area contributed by atoms with Gasteiger partial charge in [-0.25, -0.2) is 9.07 Å². The van der Waals surface area contributed by atoms with E-state index in [1.807, 2.05) is 25.1 Å². The molecule has 1 N–H and O–H groups in total. The Balaban J connectivity index is 1.97. The van der Waals surface area contributed by atoms with Crippen molar-refractivity contribution in [3.63, 3.8) is 0 Å². The Morgan fingerprint density at radius 3 is 2.37 bits per heavy atom. The number of aromatic nitrogens is 2. The van der Waals surface area contributed by atoms with E-state index in [1.165, 1.54) is 18.2 Å². The summed E-state index contributed by atoms with van der Waals surface area (Å²) in [6.07, 6.45) is 0. The molecule has 5 nitrogen and oxygen atoms in total. The number of halogens is 1. The first-order valence-electron chi connectivity index (χ1n) is 8.53. The van der Waals surface area contributed by atoms with Gasteiger partial charge in [0.05, 0.1) is 5.69 Å². The summed E-state index contributed by atoms with van der Waals surface area (Å²) >= 11 is 0. The number of carbonyl (C=O) groups excluding carboxylic acids is 1. The highest BCUT2D eigenvalue weighted by molar-refractivity contribution is 5.96. The van der Waals surface area contributed by atoms with Crippen LogP contribution in [0.15, 0.2) is 65.5 Å². The normalized spacial score (nSPS) is 11.3. The van der Waals surface area contributed by atoms with Crippen molar-refractivity contribution in [2.24, 2.45) is 0 Å². The summed E-state index contributed by atoms with van der Waals surface area (Å²) in [5.74, 6) is -0.715. The van der Waals surface area contributed by atoms with Crippen molar-refractivity contribution >= 4 is 11.6 Å². The number of amides is 1. The van der Waals surface area contributed by atoms with Crippen molar-refractivity contribution in [2.45, 2.75) is 26.3 Å². The van der Waals surface area contributed by atoms with E-state index in [0.29, 0.717) is 16.9 Å². The molecule has 1 aromatic heterocycles. The lowest BCUT2D eigenvalue weighted by molar-refractivity contribution is -0.123. The average Bonchev–Trinajstić information content (AvgIpc) is 2.64. The number of aryl methyl sites for hydroxylation is 1. The Labute approximate surface area is 156 Å². The third kappa shape index (κ3) is 3.79. The fraction of sp³-hybridized carbons (Fsp3) is 0.190. The van der Waals surface area contributed by atoms with Crippen molar-refractivity contribution < 1.29 is 9.18 Å². The second-order valence-corrected chi connectivity index (χ2v) is 6.80. The summed E-state index contributed by atoms with van der Waals surface area (Å²) in [6, 6.07) is 16.1. The van der Waals surface area contributed by atoms with Crippen LogP contribution in [0.25, 0.3) is 11.3 Å². The molecule has 0 radical (unpaired) electrons. The summed E-state index contributed by atoms with van der Waals surface area (Å²) in [6.45, 7) is 5.15.